The van der Waals surface area contributed by atoms with Crippen molar-refractivity contribution in [3.8, 4) is 0 Å². The minimum absolute atomic E-state index is 0.0217. The number of allylic oxidation sites excluding steroid dienone is 2. The monoisotopic (exact) mass is 822 g/mol. The summed E-state index contributed by atoms with van der Waals surface area (Å²) in [4.78, 5) is 51.3. The molecule has 0 aromatic rings. The lowest BCUT2D eigenvalue weighted by Gasteiger charge is -2.70. The summed E-state index contributed by atoms with van der Waals surface area (Å²) in [5.41, 5.74) is -1.81. The number of carboxylic acids is 3. The van der Waals surface area contributed by atoms with E-state index in [2.05, 4.69) is 27.7 Å². The van der Waals surface area contributed by atoms with Crippen molar-refractivity contribution in [3.63, 3.8) is 0 Å². The van der Waals surface area contributed by atoms with Gasteiger partial charge in [0.1, 0.15) is 36.6 Å². The maximum absolute atomic E-state index is 14.8. The summed E-state index contributed by atoms with van der Waals surface area (Å²) in [6.07, 6.45) is -12.2. The Bertz CT molecular complexity index is 1730. The standard InChI is InChI=1S/C42H62O16/c1-37(2)21-8-11-42(7)31(20(43)16-18-19-17-39(4,36(53)54)13-12-38(19,3)14-15-41(18,42)6)40(21,5)10-9-22(37)55-35-30(26(47)25(46)29(57-35)33(51)52)58-34-27(48)23(44)24(45)28(56-34)32(49)50/h16,19,21-31,34-35,44-48H,8-15,17H2,1-7H3,(H,49,50)(H,51,52)(H,53,54)/t19-,21-,22-,23-,24-,25-,26-,27-,28+,29+,30-,31+,34-,35-,38+,39-,40-,41+,42+/m0/s1. The third-order valence-electron chi connectivity index (χ3n) is 17.2. The molecule has 2 heterocycles. The molecule has 7 aliphatic rings. The maximum atomic E-state index is 14.8. The molecule has 0 bridgehead atoms. The minimum atomic E-state index is -2.05. The summed E-state index contributed by atoms with van der Waals surface area (Å²) < 4.78 is 23.4. The van der Waals surface area contributed by atoms with Crippen molar-refractivity contribution in [2.75, 3.05) is 0 Å². The zero-order valence-corrected chi connectivity index (χ0v) is 34.4. The molecule has 0 unspecified atom stereocenters. The first kappa shape index (κ1) is 43.5. The van der Waals surface area contributed by atoms with Crippen molar-refractivity contribution < 1.29 is 79.0 Å². The van der Waals surface area contributed by atoms with E-state index >= 15 is 0 Å². The van der Waals surface area contributed by atoms with Crippen molar-refractivity contribution in [2.24, 2.45) is 50.2 Å². The summed E-state index contributed by atoms with van der Waals surface area (Å²) in [6.45, 7) is 14.8. The molecular formula is C42H62O16. The smallest absolute Gasteiger partial charge is 0.335 e. The second-order valence-electron chi connectivity index (χ2n) is 20.6. The van der Waals surface area contributed by atoms with E-state index < -0.39 is 107 Å². The van der Waals surface area contributed by atoms with E-state index in [1.165, 1.54) is 0 Å². The van der Waals surface area contributed by atoms with Crippen molar-refractivity contribution in [1.82, 2.24) is 0 Å². The number of rotatable bonds is 7. The number of ether oxygens (including phenoxy) is 4. The van der Waals surface area contributed by atoms with Crippen molar-refractivity contribution in [2.45, 2.75) is 174 Å². The zero-order valence-electron chi connectivity index (χ0n) is 34.4. The number of ketones is 1. The van der Waals surface area contributed by atoms with Gasteiger partial charge in [0.05, 0.1) is 11.5 Å². The highest BCUT2D eigenvalue weighted by atomic mass is 16.8. The number of aliphatic hydroxyl groups is 5. The normalized spacial score (nSPS) is 52.6. The average molecular weight is 823 g/mol. The molecular weight excluding hydrogens is 760 g/mol. The van der Waals surface area contributed by atoms with Gasteiger partial charge in [-0.25, -0.2) is 9.59 Å². The summed E-state index contributed by atoms with van der Waals surface area (Å²) in [6, 6.07) is 0. The summed E-state index contributed by atoms with van der Waals surface area (Å²) in [7, 11) is 0. The van der Waals surface area contributed by atoms with Crippen molar-refractivity contribution >= 4 is 23.7 Å². The molecule has 0 spiro atoms. The first-order valence-electron chi connectivity index (χ1n) is 20.7. The molecule has 6 fully saturated rings. The maximum Gasteiger partial charge on any atom is 0.335 e. The summed E-state index contributed by atoms with van der Waals surface area (Å²) >= 11 is 0. The molecule has 16 nitrogen and oxygen atoms in total. The highest BCUT2D eigenvalue weighted by Crippen LogP contribution is 2.75. The first-order chi connectivity index (χ1) is 26.8. The van der Waals surface area contributed by atoms with E-state index in [1.807, 2.05) is 26.8 Å². The van der Waals surface area contributed by atoms with Gasteiger partial charge in [0.15, 0.2) is 30.6 Å². The Morgan fingerprint density at radius 3 is 1.88 bits per heavy atom. The van der Waals surface area contributed by atoms with Gasteiger partial charge in [0.2, 0.25) is 0 Å². The average Bonchev–Trinajstić information content (AvgIpc) is 3.13. The van der Waals surface area contributed by atoms with Crippen LogP contribution in [-0.4, -0.2) is 132 Å². The van der Waals surface area contributed by atoms with Crippen LogP contribution in [-0.2, 0) is 38.1 Å². The Kier molecular flexibility index (Phi) is 10.7. The highest BCUT2D eigenvalue weighted by Gasteiger charge is 2.71. The zero-order chi connectivity index (χ0) is 42.9. The topological polar surface area (TPSA) is 267 Å². The van der Waals surface area contributed by atoms with Crippen molar-refractivity contribution in [3.05, 3.63) is 11.6 Å². The van der Waals surface area contributed by atoms with Crippen LogP contribution in [0.5, 0.6) is 0 Å². The van der Waals surface area contributed by atoms with E-state index in [0.29, 0.717) is 25.7 Å². The van der Waals surface area contributed by atoms with Gasteiger partial charge in [-0.2, -0.15) is 0 Å². The molecule has 326 valence electrons. The van der Waals surface area contributed by atoms with Gasteiger partial charge < -0.3 is 59.8 Å². The number of hydrogen-bond donors (Lipinski definition) is 8. The Balaban J connectivity index is 1.17. The number of carbonyl (C=O) groups excluding carboxylic acids is 1. The van der Waals surface area contributed by atoms with E-state index in [4.69, 9.17) is 18.9 Å². The van der Waals surface area contributed by atoms with Crippen LogP contribution >= 0.6 is 0 Å². The van der Waals surface area contributed by atoms with E-state index in [0.717, 1.165) is 37.7 Å². The fraction of sp³-hybridized carbons (Fsp3) is 0.857. The Morgan fingerprint density at radius 1 is 0.690 bits per heavy atom. The quantitative estimate of drug-likeness (QED) is 0.171. The summed E-state index contributed by atoms with van der Waals surface area (Å²) in [5.74, 6) is -4.47. The predicted octanol–water partition coefficient (Wildman–Crippen LogP) is 2.25. The lowest BCUT2D eigenvalue weighted by Crippen LogP contribution is -2.68. The van der Waals surface area contributed by atoms with Crippen LogP contribution in [0.3, 0.4) is 0 Å². The number of aliphatic hydroxyl groups excluding tert-OH is 5. The lowest BCUT2D eigenvalue weighted by molar-refractivity contribution is -0.371. The molecule has 0 aromatic heterocycles. The summed E-state index contributed by atoms with van der Waals surface area (Å²) in [5, 5.41) is 83.0. The number of fused-ring (bicyclic) bond motifs is 7. The molecule has 58 heavy (non-hydrogen) atoms. The molecule has 19 atom stereocenters. The van der Waals surface area contributed by atoms with Gasteiger partial charge in [-0.15, -0.1) is 0 Å². The SMILES string of the molecule is CC1(C)[C@@H](O[C@H]2O[C@@H](C(=O)O)[C@@H](O)[C@H](O)[C@@H]2O[C@@H]2O[C@@H](C(=O)O)[C@@H](O)[C@H](O)[C@@H]2O)CC[C@]2(C)[C@H]3C(=O)C=C4[C@@H]5C[C@@](C)(C(=O)O)CC[C@]5(C)CC[C@@]4(C)[C@]3(C)CC[C@@H]12. The molecule has 8 N–H and O–H groups in total. The van der Waals surface area contributed by atoms with Gasteiger partial charge in [-0.3, -0.25) is 9.59 Å². The van der Waals surface area contributed by atoms with Gasteiger partial charge in [-0.05, 0) is 110 Å². The third kappa shape index (κ3) is 6.25. The van der Waals surface area contributed by atoms with Crippen LogP contribution in [0.1, 0.15) is 106 Å². The van der Waals surface area contributed by atoms with Crippen molar-refractivity contribution in [1.29, 1.82) is 0 Å². The fourth-order valence-electron chi connectivity index (χ4n) is 13.4. The number of carbonyl (C=O) groups is 4. The van der Waals surface area contributed by atoms with Gasteiger partial charge in [0.25, 0.3) is 0 Å². The minimum Gasteiger partial charge on any atom is -0.481 e. The van der Waals surface area contributed by atoms with Crippen LogP contribution in [0, 0.1) is 50.2 Å². The predicted molar refractivity (Wildman–Crippen MR) is 199 cm³/mol. The van der Waals surface area contributed by atoms with E-state index in [-0.39, 0.29) is 34.4 Å². The van der Waals surface area contributed by atoms with E-state index in [9.17, 15) is 60.0 Å². The first-order valence-corrected chi connectivity index (χ1v) is 20.7. The second kappa shape index (κ2) is 14.3. The molecule has 2 aliphatic heterocycles. The number of aliphatic carboxylic acids is 3. The number of hydrogen-bond acceptors (Lipinski definition) is 13. The molecule has 2 saturated heterocycles. The molecule has 5 aliphatic carbocycles. The molecule has 0 aromatic carbocycles. The van der Waals surface area contributed by atoms with Crippen LogP contribution < -0.4 is 0 Å². The molecule has 16 heteroatoms. The Labute approximate surface area is 337 Å². The van der Waals surface area contributed by atoms with Gasteiger partial charge in [0, 0.05) is 5.92 Å². The second-order valence-corrected chi connectivity index (χ2v) is 20.6. The third-order valence-corrected chi connectivity index (χ3v) is 17.2. The molecule has 7 rings (SSSR count). The Hall–Kier alpha value is -2.54. The molecule has 4 saturated carbocycles. The van der Waals surface area contributed by atoms with Crippen LogP contribution in [0.2, 0.25) is 0 Å². The molecule has 0 radical (unpaired) electrons. The van der Waals surface area contributed by atoms with Crippen LogP contribution in [0.4, 0.5) is 0 Å². The van der Waals surface area contributed by atoms with Crippen LogP contribution in [0.15, 0.2) is 11.6 Å². The van der Waals surface area contributed by atoms with E-state index in [1.54, 1.807) is 0 Å². The Morgan fingerprint density at radius 2 is 1.28 bits per heavy atom. The van der Waals surface area contributed by atoms with Gasteiger partial charge >= 0.3 is 17.9 Å². The fourth-order valence-corrected chi connectivity index (χ4v) is 13.4. The largest absolute Gasteiger partial charge is 0.481 e. The lowest BCUT2D eigenvalue weighted by atomic mass is 9.33. The molecule has 0 amide bonds. The highest BCUT2D eigenvalue weighted by molar-refractivity contribution is 5.95. The number of carboxylic acid groups (broad SMARTS) is 3. The van der Waals surface area contributed by atoms with Gasteiger partial charge in [-0.1, -0.05) is 47.1 Å². The van der Waals surface area contributed by atoms with Crippen LogP contribution in [0.25, 0.3) is 0 Å².